The number of nitrogens with two attached hydrogens (primary N) is 1. The van der Waals surface area contributed by atoms with E-state index < -0.39 is 5.97 Å². The van der Waals surface area contributed by atoms with Crippen LogP contribution in [0.1, 0.15) is 21.6 Å². The molecule has 2 aromatic heterocycles. The summed E-state index contributed by atoms with van der Waals surface area (Å²) >= 11 is 0. The molecule has 7 heteroatoms. The minimum atomic E-state index is -0.414. The van der Waals surface area contributed by atoms with Gasteiger partial charge < -0.3 is 10.5 Å². The number of hydrogen-bond acceptors (Lipinski definition) is 5. The second kappa shape index (κ2) is 6.49. The van der Waals surface area contributed by atoms with Crippen molar-refractivity contribution < 1.29 is 9.53 Å². The van der Waals surface area contributed by atoms with E-state index >= 15 is 0 Å². The average Bonchev–Trinajstić information content (AvgIpc) is 2.83. The predicted molar refractivity (Wildman–Crippen MR) is 77.7 cm³/mol. The van der Waals surface area contributed by atoms with Crippen LogP contribution in [0.15, 0.2) is 18.5 Å². The Morgan fingerprint density at radius 2 is 2.20 bits per heavy atom. The molecule has 2 rings (SSSR count). The van der Waals surface area contributed by atoms with Crippen LogP contribution in [0.2, 0.25) is 0 Å². The van der Waals surface area contributed by atoms with E-state index in [9.17, 15) is 4.79 Å². The Hall–Kier alpha value is -1.92. The molecule has 0 aliphatic carbocycles. The number of carbonyl (C=O) groups excluding carboxylic acids is 1. The highest BCUT2D eigenvalue weighted by Gasteiger charge is 2.17. The molecule has 0 saturated heterocycles. The van der Waals surface area contributed by atoms with Crippen LogP contribution in [0.4, 0.5) is 0 Å². The highest BCUT2D eigenvalue weighted by molar-refractivity contribution is 5.92. The molecule has 2 heterocycles. The number of aromatic nitrogens is 3. The number of nitrogens with zero attached hydrogens (tertiary/aromatic N) is 3. The number of pyridine rings is 1. The van der Waals surface area contributed by atoms with Crippen molar-refractivity contribution in [3.05, 3.63) is 35.3 Å². The largest absolute Gasteiger partial charge is 0.465 e. The molecule has 0 saturated carbocycles. The van der Waals surface area contributed by atoms with Gasteiger partial charge in [0, 0.05) is 25.4 Å². The monoisotopic (exact) mass is 296 g/mol. The van der Waals surface area contributed by atoms with Crippen LogP contribution in [0.3, 0.4) is 0 Å². The number of carbonyl (C=O) groups is 1. The summed E-state index contributed by atoms with van der Waals surface area (Å²) in [4.78, 5) is 16.2. The molecule has 2 N–H and O–H groups in total. The minimum absolute atomic E-state index is 0. The Labute approximate surface area is 123 Å². The van der Waals surface area contributed by atoms with E-state index in [2.05, 4.69) is 10.1 Å². The summed E-state index contributed by atoms with van der Waals surface area (Å²) in [5.41, 5.74) is 9.08. The van der Waals surface area contributed by atoms with Crippen molar-refractivity contribution in [2.75, 3.05) is 7.11 Å². The van der Waals surface area contributed by atoms with E-state index in [4.69, 9.17) is 10.5 Å². The third-order valence-corrected chi connectivity index (χ3v) is 2.88. The van der Waals surface area contributed by atoms with E-state index in [0.29, 0.717) is 11.3 Å². The Bertz CT molecular complexity index is 625. The van der Waals surface area contributed by atoms with Gasteiger partial charge in [-0.25, -0.2) is 4.79 Å². The van der Waals surface area contributed by atoms with Gasteiger partial charge in [0.2, 0.25) is 0 Å². The highest BCUT2D eigenvalue weighted by atomic mass is 35.5. The number of halogens is 1. The van der Waals surface area contributed by atoms with Crippen LogP contribution in [0.25, 0.3) is 11.3 Å². The van der Waals surface area contributed by atoms with Crippen molar-refractivity contribution in [3.8, 4) is 11.3 Å². The van der Waals surface area contributed by atoms with Crippen molar-refractivity contribution in [3.63, 3.8) is 0 Å². The molecule has 108 valence electrons. The molecule has 0 fully saturated rings. The van der Waals surface area contributed by atoms with E-state index in [1.165, 1.54) is 7.11 Å². The molecule has 0 bridgehead atoms. The van der Waals surface area contributed by atoms with Gasteiger partial charge in [0.05, 0.1) is 30.3 Å². The van der Waals surface area contributed by atoms with Gasteiger partial charge in [0.25, 0.3) is 0 Å². The number of esters is 1. The SMILES string of the molecule is COC(=O)c1c(C)cc(-c2cnn(C)c2)nc1CN.Cl. The van der Waals surface area contributed by atoms with Gasteiger partial charge in [0.15, 0.2) is 0 Å². The second-order valence-corrected chi connectivity index (χ2v) is 4.24. The van der Waals surface area contributed by atoms with Crippen molar-refractivity contribution >= 4 is 18.4 Å². The topological polar surface area (TPSA) is 83.0 Å². The zero-order valence-electron chi connectivity index (χ0n) is 11.6. The normalized spacial score (nSPS) is 10.0. The second-order valence-electron chi connectivity index (χ2n) is 4.24. The van der Waals surface area contributed by atoms with Crippen LogP contribution >= 0.6 is 12.4 Å². The Morgan fingerprint density at radius 3 is 2.70 bits per heavy atom. The summed E-state index contributed by atoms with van der Waals surface area (Å²) in [6, 6.07) is 1.84. The van der Waals surface area contributed by atoms with Gasteiger partial charge in [-0.3, -0.25) is 9.67 Å². The first-order valence-electron chi connectivity index (χ1n) is 5.84. The third-order valence-electron chi connectivity index (χ3n) is 2.88. The van der Waals surface area contributed by atoms with E-state index in [0.717, 1.165) is 16.8 Å². The molecule has 0 unspecified atom stereocenters. The maximum absolute atomic E-state index is 11.7. The van der Waals surface area contributed by atoms with Gasteiger partial charge >= 0.3 is 5.97 Å². The molecule has 0 aliphatic rings. The van der Waals surface area contributed by atoms with Crippen molar-refractivity contribution in [2.45, 2.75) is 13.5 Å². The fourth-order valence-electron chi connectivity index (χ4n) is 1.97. The van der Waals surface area contributed by atoms with Crippen molar-refractivity contribution in [2.24, 2.45) is 12.8 Å². The summed E-state index contributed by atoms with van der Waals surface area (Å²) in [5.74, 6) is -0.414. The van der Waals surface area contributed by atoms with Crippen molar-refractivity contribution in [1.82, 2.24) is 14.8 Å². The lowest BCUT2D eigenvalue weighted by molar-refractivity contribution is 0.0598. The smallest absolute Gasteiger partial charge is 0.340 e. The first-order valence-corrected chi connectivity index (χ1v) is 5.84. The van der Waals surface area contributed by atoms with Crippen LogP contribution in [0, 0.1) is 6.92 Å². The van der Waals surface area contributed by atoms with Crippen LogP contribution in [-0.4, -0.2) is 27.8 Å². The molecule has 0 spiro atoms. The predicted octanol–water partition coefficient (Wildman–Crippen LogP) is 1.46. The highest BCUT2D eigenvalue weighted by Crippen LogP contribution is 2.22. The molecule has 0 aliphatic heterocycles. The first-order chi connectivity index (χ1) is 9.06. The van der Waals surface area contributed by atoms with Crippen LogP contribution in [-0.2, 0) is 18.3 Å². The van der Waals surface area contributed by atoms with Gasteiger partial charge in [-0.1, -0.05) is 0 Å². The molecule has 2 aromatic rings. The maximum Gasteiger partial charge on any atom is 0.340 e. The molecule has 0 radical (unpaired) electrons. The summed E-state index contributed by atoms with van der Waals surface area (Å²) < 4.78 is 6.46. The fourth-order valence-corrected chi connectivity index (χ4v) is 1.97. The zero-order chi connectivity index (χ0) is 14.0. The molecule has 0 amide bonds. The van der Waals surface area contributed by atoms with Crippen molar-refractivity contribution in [1.29, 1.82) is 0 Å². The first kappa shape index (κ1) is 16.1. The van der Waals surface area contributed by atoms with Gasteiger partial charge in [0.1, 0.15) is 0 Å². The lowest BCUT2D eigenvalue weighted by Gasteiger charge is -2.10. The molecule has 20 heavy (non-hydrogen) atoms. The summed E-state index contributed by atoms with van der Waals surface area (Å²) in [5, 5.41) is 4.11. The Morgan fingerprint density at radius 1 is 1.50 bits per heavy atom. The number of aryl methyl sites for hydroxylation is 2. The van der Waals surface area contributed by atoms with Gasteiger partial charge in [-0.2, -0.15) is 5.10 Å². The lowest BCUT2D eigenvalue weighted by atomic mass is 10.0. The Kier molecular flexibility index (Phi) is 5.24. The standard InChI is InChI=1S/C13H16N4O2.ClH/c1-8-4-10(9-6-15-17(2)7-9)16-11(5-14)12(8)13(18)19-3;/h4,6-7H,5,14H2,1-3H3;1H. The zero-order valence-corrected chi connectivity index (χ0v) is 12.4. The molecule has 6 nitrogen and oxygen atoms in total. The number of rotatable bonds is 3. The molecule has 0 aromatic carbocycles. The maximum atomic E-state index is 11.7. The molecular weight excluding hydrogens is 280 g/mol. The van der Waals surface area contributed by atoms with E-state index in [1.54, 1.807) is 10.9 Å². The number of hydrogen-bond donors (Lipinski definition) is 1. The lowest BCUT2D eigenvalue weighted by Crippen LogP contribution is -2.13. The van der Waals surface area contributed by atoms with E-state index in [1.807, 2.05) is 26.2 Å². The Balaban J connectivity index is 0.00000200. The molecule has 0 atom stereocenters. The summed E-state index contributed by atoms with van der Waals surface area (Å²) in [6.07, 6.45) is 3.58. The van der Waals surface area contributed by atoms with Gasteiger partial charge in [-0.15, -0.1) is 12.4 Å². The number of ether oxygens (including phenoxy) is 1. The quantitative estimate of drug-likeness (QED) is 0.867. The van der Waals surface area contributed by atoms with E-state index in [-0.39, 0.29) is 19.0 Å². The summed E-state index contributed by atoms with van der Waals surface area (Å²) in [6.45, 7) is 2.02. The van der Waals surface area contributed by atoms with Gasteiger partial charge in [-0.05, 0) is 18.6 Å². The van der Waals surface area contributed by atoms with Crippen LogP contribution < -0.4 is 5.73 Å². The number of methoxy groups -OCH3 is 1. The summed E-state index contributed by atoms with van der Waals surface area (Å²) in [7, 11) is 3.18. The van der Waals surface area contributed by atoms with Crippen LogP contribution in [0.5, 0.6) is 0 Å². The fraction of sp³-hybridized carbons (Fsp3) is 0.308. The molecular formula is C13H17ClN4O2. The average molecular weight is 297 g/mol. The minimum Gasteiger partial charge on any atom is -0.465 e. The third kappa shape index (κ3) is 2.97.